The van der Waals surface area contributed by atoms with Gasteiger partial charge in [-0.05, 0) is 103 Å². The molecule has 57 heavy (non-hydrogen) atoms. The van der Waals surface area contributed by atoms with E-state index >= 15 is 0 Å². The molecule has 0 N–H and O–H groups in total. The normalized spacial score (nSPS) is 14.7. The molecule has 0 amide bonds. The Bertz CT molecular complexity index is 833. The van der Waals surface area contributed by atoms with Crippen LogP contribution in [0.5, 0.6) is 0 Å². The van der Waals surface area contributed by atoms with E-state index in [0.29, 0.717) is 0 Å². The maximum atomic E-state index is 2.85. The molecule has 0 aromatic heterocycles. The summed E-state index contributed by atoms with van der Waals surface area (Å²) in [4.78, 5) is 8.38. The minimum Gasteiger partial charge on any atom is -0.302 e. The van der Waals surface area contributed by atoms with Crippen molar-refractivity contribution in [3.8, 4) is 0 Å². The van der Waals surface area contributed by atoms with Gasteiger partial charge in [0.1, 0.15) is 0 Å². The molecular formula is C54H103N3. The van der Waals surface area contributed by atoms with Gasteiger partial charge >= 0.3 is 0 Å². The van der Waals surface area contributed by atoms with Gasteiger partial charge in [-0.2, -0.15) is 0 Å². The second kappa shape index (κ2) is 45.9. The zero-order chi connectivity index (χ0) is 40.8. The minimum absolute atomic E-state index is 1.12. The van der Waals surface area contributed by atoms with Gasteiger partial charge in [0.2, 0.25) is 0 Å². The number of rotatable bonds is 44. The van der Waals surface area contributed by atoms with Gasteiger partial charge in [-0.15, -0.1) is 0 Å². The highest BCUT2D eigenvalue weighted by Crippen LogP contribution is 2.14. The first-order valence-electron chi connectivity index (χ1n) is 26.1. The van der Waals surface area contributed by atoms with E-state index in [1.54, 1.807) is 0 Å². The van der Waals surface area contributed by atoms with Crippen LogP contribution in [0.15, 0.2) is 48.6 Å². The summed E-state index contributed by atoms with van der Waals surface area (Å²) >= 11 is 0. The highest BCUT2D eigenvalue weighted by Gasteiger charge is 2.17. The van der Waals surface area contributed by atoms with E-state index in [4.69, 9.17) is 0 Å². The van der Waals surface area contributed by atoms with Crippen LogP contribution in [0.25, 0.3) is 0 Å². The molecular weight excluding hydrogens is 691 g/mol. The Kier molecular flexibility index (Phi) is 43.4. The summed E-state index contributed by atoms with van der Waals surface area (Å²) < 4.78 is 0. The second-order valence-corrected chi connectivity index (χ2v) is 17.9. The molecule has 3 heteroatoms. The topological polar surface area (TPSA) is 9.72 Å². The van der Waals surface area contributed by atoms with E-state index in [0.717, 1.165) is 12.8 Å². The molecule has 1 saturated heterocycles. The van der Waals surface area contributed by atoms with E-state index in [-0.39, 0.29) is 0 Å². The van der Waals surface area contributed by atoms with Gasteiger partial charge in [-0.1, -0.05) is 204 Å². The number of nitrogens with zero attached hydrogens (tertiary/aromatic N) is 3. The molecule has 0 radical (unpaired) electrons. The average Bonchev–Trinajstić information content (AvgIpc) is 3.23. The predicted molar refractivity (Wildman–Crippen MR) is 260 cm³/mol. The van der Waals surface area contributed by atoms with Crippen LogP contribution in [0.2, 0.25) is 0 Å². The molecule has 0 aliphatic carbocycles. The first-order chi connectivity index (χ1) is 28.3. The predicted octanol–water partition coefficient (Wildman–Crippen LogP) is 16.5. The Morgan fingerprint density at radius 2 is 0.596 bits per heavy atom. The zero-order valence-corrected chi connectivity index (χ0v) is 39.4. The van der Waals surface area contributed by atoms with Gasteiger partial charge in [0, 0.05) is 39.3 Å². The molecule has 0 atom stereocenters. The molecule has 0 aromatic carbocycles. The summed E-state index contributed by atoms with van der Waals surface area (Å²) in [5.41, 5.74) is 0. The average molecular weight is 794 g/mol. The van der Waals surface area contributed by atoms with Crippen molar-refractivity contribution in [3.05, 3.63) is 48.6 Å². The van der Waals surface area contributed by atoms with Gasteiger partial charge < -0.3 is 9.80 Å². The molecule has 0 unspecified atom stereocenters. The molecule has 1 rings (SSSR count). The maximum absolute atomic E-state index is 2.85. The summed E-state index contributed by atoms with van der Waals surface area (Å²) in [7, 11) is 0. The lowest BCUT2D eigenvalue weighted by atomic mass is 10.1. The van der Waals surface area contributed by atoms with Crippen LogP contribution in [0, 0.1) is 0 Å². The summed E-state index contributed by atoms with van der Waals surface area (Å²) in [6.07, 6.45) is 65.6. The zero-order valence-electron chi connectivity index (χ0n) is 39.4. The van der Waals surface area contributed by atoms with Crippen LogP contribution in [-0.2, 0) is 0 Å². The monoisotopic (exact) mass is 794 g/mol. The molecule has 3 nitrogen and oxygen atoms in total. The minimum atomic E-state index is 1.12. The van der Waals surface area contributed by atoms with Crippen molar-refractivity contribution in [1.29, 1.82) is 0 Å². The molecule has 0 spiro atoms. The highest BCUT2D eigenvalue weighted by molar-refractivity contribution is 4.93. The molecule has 0 bridgehead atoms. The molecule has 0 saturated carbocycles. The van der Waals surface area contributed by atoms with E-state index < -0.39 is 0 Å². The number of unbranched alkanes of at least 4 members (excludes halogenated alkanes) is 27. The van der Waals surface area contributed by atoms with Crippen LogP contribution >= 0.6 is 0 Å². The Morgan fingerprint density at radius 3 is 1.00 bits per heavy atom. The first kappa shape index (κ1) is 53.9. The fourth-order valence-electron chi connectivity index (χ4n) is 8.32. The van der Waals surface area contributed by atoms with Crippen molar-refractivity contribution in [2.24, 2.45) is 0 Å². The number of hydrogen-bond donors (Lipinski definition) is 0. The van der Waals surface area contributed by atoms with Crippen molar-refractivity contribution in [1.82, 2.24) is 14.7 Å². The van der Waals surface area contributed by atoms with E-state index in [1.165, 1.54) is 264 Å². The van der Waals surface area contributed by atoms with Crippen molar-refractivity contribution >= 4 is 0 Å². The molecule has 1 heterocycles. The van der Waals surface area contributed by atoms with Crippen molar-refractivity contribution in [3.63, 3.8) is 0 Å². The van der Waals surface area contributed by atoms with Gasteiger partial charge in [-0.3, -0.25) is 4.90 Å². The summed E-state index contributed by atoms with van der Waals surface area (Å²) in [6, 6.07) is 0. The van der Waals surface area contributed by atoms with Gasteiger partial charge in [-0.25, -0.2) is 0 Å². The molecule has 1 aliphatic heterocycles. The lowest BCUT2D eigenvalue weighted by Crippen LogP contribution is -2.48. The van der Waals surface area contributed by atoms with E-state index in [2.05, 4.69) is 84.1 Å². The van der Waals surface area contributed by atoms with Crippen molar-refractivity contribution in [2.75, 3.05) is 58.9 Å². The van der Waals surface area contributed by atoms with Crippen LogP contribution in [0.4, 0.5) is 0 Å². The largest absolute Gasteiger partial charge is 0.302 e. The lowest BCUT2D eigenvalue weighted by Gasteiger charge is -2.36. The van der Waals surface area contributed by atoms with Gasteiger partial charge in [0.25, 0.3) is 0 Å². The number of piperazine rings is 1. The lowest BCUT2D eigenvalue weighted by molar-refractivity contribution is 0.116. The van der Waals surface area contributed by atoms with Crippen LogP contribution < -0.4 is 0 Å². The van der Waals surface area contributed by atoms with Crippen LogP contribution in [0.3, 0.4) is 0 Å². The molecule has 334 valence electrons. The Morgan fingerprint density at radius 1 is 0.298 bits per heavy atom. The number of hydrogen-bond acceptors (Lipinski definition) is 3. The SMILES string of the molecule is CCCCC/C=C\CC=CCCCCCCCCN(CCCCCCCC/C=C\C/C=C\CCCCC)CCN1CCN(CCCCCCCCCCCC)CC1. The number of allylic oxidation sites excluding steroid dienone is 8. The third kappa shape index (κ3) is 40.0. The van der Waals surface area contributed by atoms with Gasteiger partial charge in [0.05, 0.1) is 0 Å². The van der Waals surface area contributed by atoms with Crippen molar-refractivity contribution in [2.45, 2.75) is 239 Å². The van der Waals surface area contributed by atoms with Gasteiger partial charge in [0.15, 0.2) is 0 Å². The van der Waals surface area contributed by atoms with E-state index in [1.807, 2.05) is 0 Å². The third-order valence-electron chi connectivity index (χ3n) is 12.4. The second-order valence-electron chi connectivity index (χ2n) is 17.9. The van der Waals surface area contributed by atoms with Crippen LogP contribution in [-0.4, -0.2) is 73.6 Å². The van der Waals surface area contributed by atoms with Crippen molar-refractivity contribution < 1.29 is 0 Å². The fraction of sp³-hybridized carbons (Fsp3) is 0.852. The maximum Gasteiger partial charge on any atom is 0.0110 e. The Hall–Kier alpha value is -1.16. The first-order valence-corrected chi connectivity index (χ1v) is 26.1. The molecule has 0 aromatic rings. The van der Waals surface area contributed by atoms with Crippen LogP contribution in [0.1, 0.15) is 239 Å². The third-order valence-corrected chi connectivity index (χ3v) is 12.4. The quantitative estimate of drug-likeness (QED) is 0.0449. The summed E-state index contributed by atoms with van der Waals surface area (Å²) in [5, 5.41) is 0. The standard InChI is InChI=1S/C54H103N3/c1-4-7-10-13-16-19-22-24-26-28-30-32-35-37-40-43-46-55(47-44-41-38-36-33-31-29-27-25-23-20-17-14-11-8-5-2)49-52-57-53-50-56(51-54-57)48-45-42-39-34-21-18-15-12-9-6-3/h16-17,19-20,24-27H,4-15,18,21-23,28-54H2,1-3H3/b19-16-,20-17-,26-24-,27-25?. The van der Waals surface area contributed by atoms with E-state index in [9.17, 15) is 0 Å². The Balaban J connectivity index is 2.23. The smallest absolute Gasteiger partial charge is 0.0110 e. The molecule has 1 fully saturated rings. The Labute approximate surface area is 360 Å². The molecule has 1 aliphatic rings. The summed E-state index contributed by atoms with van der Waals surface area (Å²) in [6.45, 7) is 18.5. The highest BCUT2D eigenvalue weighted by atomic mass is 15.3. The fourth-order valence-corrected chi connectivity index (χ4v) is 8.32. The summed E-state index contributed by atoms with van der Waals surface area (Å²) in [5.74, 6) is 0.